The second kappa shape index (κ2) is 5.83. The standard InChI is InChI=1S/C12H18BrNS/c1-5-14-10(6-8(2)3)11-7-9(4)12(13)15-11/h7,10,14H,2,5-6H2,1,3-4H3. The van der Waals surface area contributed by atoms with Crippen LogP contribution in [-0.2, 0) is 0 Å². The van der Waals surface area contributed by atoms with Crippen molar-refractivity contribution in [2.45, 2.75) is 33.2 Å². The van der Waals surface area contributed by atoms with Crippen molar-refractivity contribution in [2.24, 2.45) is 0 Å². The van der Waals surface area contributed by atoms with Crippen LogP contribution in [0.4, 0.5) is 0 Å². The van der Waals surface area contributed by atoms with Gasteiger partial charge in [0.05, 0.1) is 3.79 Å². The SMILES string of the molecule is C=C(C)CC(NCC)c1cc(C)c(Br)s1. The second-order valence-electron chi connectivity index (χ2n) is 3.88. The van der Waals surface area contributed by atoms with Crippen LogP contribution in [0.15, 0.2) is 22.0 Å². The van der Waals surface area contributed by atoms with Crippen LogP contribution in [0, 0.1) is 6.92 Å². The van der Waals surface area contributed by atoms with E-state index in [9.17, 15) is 0 Å². The van der Waals surface area contributed by atoms with Crippen molar-refractivity contribution < 1.29 is 0 Å². The van der Waals surface area contributed by atoms with Gasteiger partial charge in [0.25, 0.3) is 0 Å². The first-order chi connectivity index (χ1) is 7.04. The third kappa shape index (κ3) is 3.74. The smallest absolute Gasteiger partial charge is 0.0731 e. The van der Waals surface area contributed by atoms with Crippen molar-refractivity contribution in [1.82, 2.24) is 5.32 Å². The molecule has 0 amide bonds. The van der Waals surface area contributed by atoms with E-state index in [1.54, 1.807) is 0 Å². The van der Waals surface area contributed by atoms with E-state index in [0.29, 0.717) is 6.04 Å². The maximum Gasteiger partial charge on any atom is 0.0731 e. The molecule has 0 aliphatic rings. The van der Waals surface area contributed by atoms with Crippen LogP contribution in [0.5, 0.6) is 0 Å². The van der Waals surface area contributed by atoms with Gasteiger partial charge in [-0.25, -0.2) is 0 Å². The molecule has 1 unspecified atom stereocenters. The Hall–Kier alpha value is -0.120. The van der Waals surface area contributed by atoms with Gasteiger partial charge in [0.15, 0.2) is 0 Å². The summed E-state index contributed by atoms with van der Waals surface area (Å²) in [6.45, 7) is 11.3. The van der Waals surface area contributed by atoms with Crippen LogP contribution in [0.25, 0.3) is 0 Å². The number of aryl methyl sites for hydroxylation is 1. The van der Waals surface area contributed by atoms with Crippen molar-refractivity contribution in [3.8, 4) is 0 Å². The first-order valence-corrected chi connectivity index (χ1v) is 6.79. The average molecular weight is 288 g/mol. The summed E-state index contributed by atoms with van der Waals surface area (Å²) in [5.74, 6) is 0. The van der Waals surface area contributed by atoms with Crippen molar-refractivity contribution in [3.05, 3.63) is 32.4 Å². The lowest BCUT2D eigenvalue weighted by Gasteiger charge is -2.16. The van der Waals surface area contributed by atoms with Crippen molar-refractivity contribution >= 4 is 27.3 Å². The summed E-state index contributed by atoms with van der Waals surface area (Å²) in [6.07, 6.45) is 1.01. The van der Waals surface area contributed by atoms with Crippen molar-refractivity contribution in [1.29, 1.82) is 0 Å². The molecule has 0 aromatic carbocycles. The zero-order valence-corrected chi connectivity index (χ0v) is 12.0. The van der Waals surface area contributed by atoms with E-state index in [0.717, 1.165) is 13.0 Å². The lowest BCUT2D eigenvalue weighted by atomic mass is 10.1. The highest BCUT2D eigenvalue weighted by molar-refractivity contribution is 9.11. The minimum absolute atomic E-state index is 0.419. The highest BCUT2D eigenvalue weighted by atomic mass is 79.9. The number of rotatable bonds is 5. The molecule has 1 aromatic heterocycles. The lowest BCUT2D eigenvalue weighted by Crippen LogP contribution is -2.20. The summed E-state index contributed by atoms with van der Waals surface area (Å²) in [6, 6.07) is 2.67. The van der Waals surface area contributed by atoms with Crippen molar-refractivity contribution in [3.63, 3.8) is 0 Å². The molecule has 1 nitrogen and oxygen atoms in total. The zero-order chi connectivity index (χ0) is 11.4. The van der Waals surface area contributed by atoms with E-state index in [2.05, 4.69) is 54.7 Å². The fraction of sp³-hybridized carbons (Fsp3) is 0.500. The Morgan fingerprint density at radius 3 is 2.73 bits per heavy atom. The highest BCUT2D eigenvalue weighted by Crippen LogP contribution is 2.33. The zero-order valence-electron chi connectivity index (χ0n) is 9.56. The molecule has 15 heavy (non-hydrogen) atoms. The Morgan fingerprint density at radius 2 is 2.33 bits per heavy atom. The molecule has 0 fully saturated rings. The first-order valence-electron chi connectivity index (χ1n) is 5.18. The Kier molecular flexibility index (Phi) is 5.03. The molecule has 0 bridgehead atoms. The maximum atomic E-state index is 3.98. The molecular formula is C12H18BrNS. The van der Waals surface area contributed by atoms with Gasteiger partial charge >= 0.3 is 0 Å². The summed E-state index contributed by atoms with van der Waals surface area (Å²) < 4.78 is 1.24. The van der Waals surface area contributed by atoms with Crippen LogP contribution in [-0.4, -0.2) is 6.54 Å². The van der Waals surface area contributed by atoms with Gasteiger partial charge in [0, 0.05) is 10.9 Å². The van der Waals surface area contributed by atoms with E-state index in [-0.39, 0.29) is 0 Å². The molecule has 1 N–H and O–H groups in total. The quantitative estimate of drug-likeness (QED) is 0.790. The van der Waals surface area contributed by atoms with Gasteiger partial charge in [-0.05, 0) is 54.4 Å². The van der Waals surface area contributed by atoms with E-state index in [1.165, 1.54) is 19.8 Å². The molecule has 1 heterocycles. The van der Waals surface area contributed by atoms with E-state index < -0.39 is 0 Å². The van der Waals surface area contributed by atoms with Gasteiger partial charge in [-0.15, -0.1) is 17.9 Å². The van der Waals surface area contributed by atoms with E-state index in [4.69, 9.17) is 0 Å². The highest BCUT2D eigenvalue weighted by Gasteiger charge is 2.14. The number of hydrogen-bond donors (Lipinski definition) is 1. The molecule has 3 heteroatoms. The van der Waals surface area contributed by atoms with Crippen LogP contribution in [0.3, 0.4) is 0 Å². The average Bonchev–Trinajstić information content (AvgIpc) is 2.46. The molecular weight excluding hydrogens is 270 g/mol. The molecule has 1 rings (SSSR count). The molecule has 0 aliphatic heterocycles. The van der Waals surface area contributed by atoms with E-state index >= 15 is 0 Å². The first kappa shape index (κ1) is 12.9. The molecule has 0 radical (unpaired) electrons. The second-order valence-corrected chi connectivity index (χ2v) is 6.28. The Balaban J connectivity index is 2.83. The predicted octanol–water partition coefficient (Wildman–Crippen LogP) is 4.44. The maximum absolute atomic E-state index is 3.98. The number of halogens is 1. The van der Waals surface area contributed by atoms with Gasteiger partial charge in [-0.2, -0.15) is 0 Å². The molecule has 0 aliphatic carbocycles. The van der Waals surface area contributed by atoms with Gasteiger partial charge in [-0.3, -0.25) is 0 Å². The Morgan fingerprint density at radius 1 is 1.67 bits per heavy atom. The Labute approximate surface area is 105 Å². The normalized spacial score (nSPS) is 12.8. The Bertz CT molecular complexity index is 324. The van der Waals surface area contributed by atoms with Gasteiger partial charge < -0.3 is 5.32 Å². The van der Waals surface area contributed by atoms with Crippen LogP contribution < -0.4 is 5.32 Å². The fourth-order valence-electron chi connectivity index (χ4n) is 1.52. The minimum Gasteiger partial charge on any atom is -0.309 e. The summed E-state index contributed by atoms with van der Waals surface area (Å²) in [7, 11) is 0. The summed E-state index contributed by atoms with van der Waals surface area (Å²) in [4.78, 5) is 1.39. The van der Waals surface area contributed by atoms with Gasteiger partial charge in [-0.1, -0.05) is 12.5 Å². The van der Waals surface area contributed by atoms with Gasteiger partial charge in [0.1, 0.15) is 0 Å². The third-order valence-electron chi connectivity index (χ3n) is 2.22. The third-order valence-corrected chi connectivity index (χ3v) is 4.47. The summed E-state index contributed by atoms with van der Waals surface area (Å²) in [5.41, 5.74) is 2.54. The minimum atomic E-state index is 0.419. The van der Waals surface area contributed by atoms with Crippen LogP contribution >= 0.6 is 27.3 Å². The predicted molar refractivity (Wildman–Crippen MR) is 72.6 cm³/mol. The summed E-state index contributed by atoms with van der Waals surface area (Å²) >= 11 is 5.39. The molecule has 0 spiro atoms. The monoisotopic (exact) mass is 287 g/mol. The number of nitrogens with one attached hydrogen (secondary N) is 1. The molecule has 84 valence electrons. The molecule has 1 atom stereocenters. The molecule has 0 saturated heterocycles. The number of hydrogen-bond acceptors (Lipinski definition) is 2. The van der Waals surface area contributed by atoms with Crippen LogP contribution in [0.1, 0.15) is 36.8 Å². The van der Waals surface area contributed by atoms with Crippen molar-refractivity contribution in [2.75, 3.05) is 6.54 Å². The lowest BCUT2D eigenvalue weighted by molar-refractivity contribution is 0.556. The summed E-state index contributed by atoms with van der Waals surface area (Å²) in [5, 5.41) is 3.50. The van der Waals surface area contributed by atoms with Crippen LogP contribution in [0.2, 0.25) is 0 Å². The van der Waals surface area contributed by atoms with Gasteiger partial charge in [0.2, 0.25) is 0 Å². The fourth-order valence-corrected chi connectivity index (χ4v) is 3.17. The van der Waals surface area contributed by atoms with E-state index in [1.807, 2.05) is 11.3 Å². The molecule has 0 saturated carbocycles. The number of thiophene rings is 1. The largest absolute Gasteiger partial charge is 0.309 e. The topological polar surface area (TPSA) is 12.0 Å². The molecule has 1 aromatic rings.